The summed E-state index contributed by atoms with van der Waals surface area (Å²) in [5, 5.41) is 0. The third-order valence-electron chi connectivity index (χ3n) is 6.17. The maximum atomic E-state index is 11.8. The molecule has 0 aliphatic heterocycles. The van der Waals surface area contributed by atoms with Gasteiger partial charge in [-0.25, -0.2) is 0 Å². The van der Waals surface area contributed by atoms with E-state index in [9.17, 15) is 4.79 Å². The fourth-order valence-electron chi connectivity index (χ4n) is 4.08. The molecule has 0 saturated carbocycles. The molecule has 0 radical (unpaired) electrons. The molecule has 0 amide bonds. The molecule has 0 unspecified atom stereocenters. The van der Waals surface area contributed by atoms with Crippen molar-refractivity contribution in [2.75, 3.05) is 6.61 Å². The van der Waals surface area contributed by atoms with Crippen LogP contribution in [0.1, 0.15) is 162 Å². The van der Waals surface area contributed by atoms with Gasteiger partial charge in [0.05, 0.1) is 6.61 Å². The van der Waals surface area contributed by atoms with Gasteiger partial charge < -0.3 is 4.74 Å². The van der Waals surface area contributed by atoms with E-state index in [1.807, 2.05) is 0 Å². The van der Waals surface area contributed by atoms with Crippen molar-refractivity contribution < 1.29 is 9.53 Å². The molecule has 0 aliphatic carbocycles. The summed E-state index contributed by atoms with van der Waals surface area (Å²) >= 11 is 0. The highest BCUT2D eigenvalue weighted by molar-refractivity contribution is 5.69. The van der Waals surface area contributed by atoms with Crippen molar-refractivity contribution in [1.82, 2.24) is 0 Å². The Morgan fingerprint density at radius 2 is 0.967 bits per heavy atom. The summed E-state index contributed by atoms with van der Waals surface area (Å²) in [6, 6.07) is 0. The fourth-order valence-corrected chi connectivity index (χ4v) is 4.08. The molecular formula is C28H56O2. The molecule has 2 nitrogen and oxygen atoms in total. The third-order valence-corrected chi connectivity index (χ3v) is 6.17. The molecule has 0 aromatic heterocycles. The fraction of sp³-hybridized carbons (Fsp3) is 0.964. The second-order valence-electron chi connectivity index (χ2n) is 9.87. The van der Waals surface area contributed by atoms with Crippen LogP contribution in [0.5, 0.6) is 0 Å². The molecule has 180 valence electrons. The Bertz CT molecular complexity index is 338. The lowest BCUT2D eigenvalue weighted by atomic mass is 10.0. The van der Waals surface area contributed by atoms with E-state index in [0.717, 1.165) is 18.8 Å². The van der Waals surface area contributed by atoms with Gasteiger partial charge in [-0.1, -0.05) is 143 Å². The summed E-state index contributed by atoms with van der Waals surface area (Å²) in [6.45, 7) is 7.49. The minimum Gasteiger partial charge on any atom is -0.466 e. The lowest BCUT2D eigenvalue weighted by Crippen LogP contribution is -2.05. The number of esters is 1. The normalized spacial score (nSPS) is 11.3. The second-order valence-corrected chi connectivity index (χ2v) is 9.87. The molecule has 0 saturated heterocycles. The summed E-state index contributed by atoms with van der Waals surface area (Å²) in [5.74, 6) is 0.843. The van der Waals surface area contributed by atoms with Gasteiger partial charge in [-0.2, -0.15) is 0 Å². The second kappa shape index (κ2) is 24.7. The first-order chi connectivity index (χ1) is 14.7. The largest absolute Gasteiger partial charge is 0.466 e. The van der Waals surface area contributed by atoms with Crippen LogP contribution in [0.25, 0.3) is 0 Å². The Labute approximate surface area is 190 Å². The zero-order valence-corrected chi connectivity index (χ0v) is 21.2. The van der Waals surface area contributed by atoms with Crippen molar-refractivity contribution in [3.8, 4) is 0 Å². The maximum absolute atomic E-state index is 11.8. The molecule has 30 heavy (non-hydrogen) atoms. The van der Waals surface area contributed by atoms with Gasteiger partial charge >= 0.3 is 5.97 Å². The maximum Gasteiger partial charge on any atom is 0.305 e. The molecule has 0 aromatic carbocycles. The van der Waals surface area contributed by atoms with E-state index >= 15 is 0 Å². The smallest absolute Gasteiger partial charge is 0.305 e. The van der Waals surface area contributed by atoms with Gasteiger partial charge in [-0.05, 0) is 18.8 Å². The van der Waals surface area contributed by atoms with Gasteiger partial charge in [-0.3, -0.25) is 4.79 Å². The first-order valence-electron chi connectivity index (χ1n) is 13.8. The first kappa shape index (κ1) is 29.5. The monoisotopic (exact) mass is 424 g/mol. The summed E-state index contributed by atoms with van der Waals surface area (Å²) < 4.78 is 5.37. The van der Waals surface area contributed by atoms with Crippen molar-refractivity contribution in [3.63, 3.8) is 0 Å². The minimum atomic E-state index is 0.0181. The van der Waals surface area contributed by atoms with E-state index in [1.165, 1.54) is 122 Å². The van der Waals surface area contributed by atoms with Crippen LogP contribution in [-0.4, -0.2) is 12.6 Å². The third kappa shape index (κ3) is 25.5. The average Bonchev–Trinajstić information content (AvgIpc) is 2.72. The van der Waals surface area contributed by atoms with Gasteiger partial charge in [0, 0.05) is 6.42 Å². The highest BCUT2D eigenvalue weighted by Gasteiger charge is 2.02. The molecule has 0 atom stereocenters. The van der Waals surface area contributed by atoms with Crippen molar-refractivity contribution in [1.29, 1.82) is 0 Å². The highest BCUT2D eigenvalue weighted by atomic mass is 16.5. The first-order valence-corrected chi connectivity index (χ1v) is 13.8. The van der Waals surface area contributed by atoms with Crippen LogP contribution in [0.2, 0.25) is 0 Å². The van der Waals surface area contributed by atoms with Crippen LogP contribution in [-0.2, 0) is 9.53 Å². The average molecular weight is 425 g/mol. The molecule has 0 rings (SSSR count). The minimum absolute atomic E-state index is 0.0181. The Hall–Kier alpha value is -0.530. The van der Waals surface area contributed by atoms with E-state index in [0.29, 0.717) is 13.0 Å². The number of hydrogen-bond donors (Lipinski definition) is 0. The predicted octanol–water partition coefficient (Wildman–Crippen LogP) is 9.79. The van der Waals surface area contributed by atoms with E-state index < -0.39 is 0 Å². The van der Waals surface area contributed by atoms with Crippen molar-refractivity contribution >= 4 is 5.97 Å². The molecule has 0 spiro atoms. The number of hydrogen-bond acceptors (Lipinski definition) is 2. The number of unbranched alkanes of at least 4 members (excludes halogenated alkanes) is 18. The van der Waals surface area contributed by atoms with E-state index in [-0.39, 0.29) is 5.97 Å². The van der Waals surface area contributed by atoms with E-state index in [1.54, 1.807) is 0 Å². The number of carbonyl (C=O) groups excluding carboxylic acids is 1. The van der Waals surface area contributed by atoms with E-state index in [4.69, 9.17) is 4.74 Å². The van der Waals surface area contributed by atoms with Crippen molar-refractivity contribution in [2.24, 2.45) is 5.92 Å². The van der Waals surface area contributed by atoms with Crippen LogP contribution < -0.4 is 0 Å². The zero-order valence-electron chi connectivity index (χ0n) is 21.2. The summed E-state index contributed by atoms with van der Waals surface area (Å²) in [7, 11) is 0. The van der Waals surface area contributed by atoms with Crippen LogP contribution in [0.15, 0.2) is 0 Å². The van der Waals surface area contributed by atoms with Crippen LogP contribution in [0, 0.1) is 5.92 Å². The Balaban J connectivity index is 3.14. The topological polar surface area (TPSA) is 26.3 Å². The molecule has 0 bridgehead atoms. The van der Waals surface area contributed by atoms with Crippen LogP contribution in [0.3, 0.4) is 0 Å². The molecule has 0 fully saturated rings. The van der Waals surface area contributed by atoms with Crippen molar-refractivity contribution in [3.05, 3.63) is 0 Å². The summed E-state index contributed by atoms with van der Waals surface area (Å²) in [6.07, 6.45) is 28.5. The summed E-state index contributed by atoms with van der Waals surface area (Å²) in [4.78, 5) is 11.8. The van der Waals surface area contributed by atoms with E-state index in [2.05, 4.69) is 20.8 Å². The standard InChI is InChI=1S/C28H56O2/c1-4-5-6-7-8-9-10-11-12-13-14-15-16-19-22-25-28(29)30-26-23-20-17-18-21-24-27(2)3/h27H,4-26H2,1-3H3. The molecule has 0 N–H and O–H groups in total. The van der Waals surface area contributed by atoms with Crippen molar-refractivity contribution in [2.45, 2.75) is 162 Å². The van der Waals surface area contributed by atoms with Crippen LogP contribution >= 0.6 is 0 Å². The lowest BCUT2D eigenvalue weighted by molar-refractivity contribution is -0.143. The van der Waals surface area contributed by atoms with Gasteiger partial charge in [0.2, 0.25) is 0 Å². The molecular weight excluding hydrogens is 368 g/mol. The van der Waals surface area contributed by atoms with Gasteiger partial charge in [-0.15, -0.1) is 0 Å². The van der Waals surface area contributed by atoms with Gasteiger partial charge in [0.15, 0.2) is 0 Å². The Morgan fingerprint density at radius 1 is 0.567 bits per heavy atom. The quantitative estimate of drug-likeness (QED) is 0.114. The molecule has 2 heteroatoms. The predicted molar refractivity (Wildman–Crippen MR) is 133 cm³/mol. The highest BCUT2D eigenvalue weighted by Crippen LogP contribution is 2.14. The molecule has 0 aromatic rings. The van der Waals surface area contributed by atoms with Crippen LogP contribution in [0.4, 0.5) is 0 Å². The van der Waals surface area contributed by atoms with Gasteiger partial charge in [0.1, 0.15) is 0 Å². The zero-order chi connectivity index (χ0) is 22.1. The Morgan fingerprint density at radius 3 is 1.43 bits per heavy atom. The SMILES string of the molecule is CCCCCCCCCCCCCCCCCC(=O)OCCCCCCCC(C)C. The Kier molecular flexibility index (Phi) is 24.3. The lowest BCUT2D eigenvalue weighted by Gasteiger charge is -2.06. The van der Waals surface area contributed by atoms with Gasteiger partial charge in [0.25, 0.3) is 0 Å². The number of rotatable bonds is 24. The number of ether oxygens (including phenoxy) is 1. The summed E-state index contributed by atoms with van der Waals surface area (Å²) in [5.41, 5.74) is 0. The number of carbonyl (C=O) groups is 1. The molecule has 0 aliphatic rings. The molecule has 0 heterocycles.